The lowest BCUT2D eigenvalue weighted by Crippen LogP contribution is -2.24. The zero-order chi connectivity index (χ0) is 18.9. The molecule has 2 rings (SSSR count). The van der Waals surface area contributed by atoms with E-state index >= 15 is 0 Å². The number of carbonyl (C=O) groups is 1. The van der Waals surface area contributed by atoms with Gasteiger partial charge in [-0.2, -0.15) is 0 Å². The molecule has 4 nitrogen and oxygen atoms in total. The van der Waals surface area contributed by atoms with Crippen molar-refractivity contribution in [1.82, 2.24) is 4.90 Å². The predicted molar refractivity (Wildman–Crippen MR) is 101 cm³/mol. The zero-order valence-electron chi connectivity index (χ0n) is 14.9. The highest BCUT2D eigenvalue weighted by atomic mass is 19.1. The molecule has 0 atom stereocenters. The van der Waals surface area contributed by atoms with Gasteiger partial charge in [-0.25, -0.2) is 4.39 Å². The third kappa shape index (κ3) is 5.48. The first kappa shape index (κ1) is 19.2. The van der Waals surface area contributed by atoms with Gasteiger partial charge in [-0.05, 0) is 41.5 Å². The Kier molecular flexibility index (Phi) is 6.97. The highest BCUT2D eigenvalue weighted by molar-refractivity contribution is 5.91. The van der Waals surface area contributed by atoms with Crippen molar-refractivity contribution in [1.29, 1.82) is 0 Å². The zero-order valence-corrected chi connectivity index (χ0v) is 14.9. The highest BCUT2D eigenvalue weighted by Gasteiger charge is 2.07. The van der Waals surface area contributed by atoms with Crippen molar-refractivity contribution in [2.24, 2.45) is 0 Å². The average molecular weight is 355 g/mol. The largest absolute Gasteiger partial charge is 0.493 e. The summed E-state index contributed by atoms with van der Waals surface area (Å²) in [5.74, 6) is 0.753. The normalized spacial score (nSPS) is 10.6. The van der Waals surface area contributed by atoms with Gasteiger partial charge >= 0.3 is 0 Å². The van der Waals surface area contributed by atoms with Crippen LogP contribution >= 0.6 is 0 Å². The molecule has 0 saturated heterocycles. The van der Waals surface area contributed by atoms with Gasteiger partial charge in [0.2, 0.25) is 5.91 Å². The lowest BCUT2D eigenvalue weighted by molar-refractivity contribution is -0.125. The Labute approximate surface area is 153 Å². The maximum Gasteiger partial charge on any atom is 0.246 e. The van der Waals surface area contributed by atoms with Crippen LogP contribution in [0.1, 0.15) is 11.1 Å². The van der Waals surface area contributed by atoms with Crippen LogP contribution in [-0.4, -0.2) is 31.6 Å². The van der Waals surface area contributed by atoms with E-state index in [2.05, 4.69) is 6.58 Å². The van der Waals surface area contributed by atoms with Crippen LogP contribution < -0.4 is 9.47 Å². The second-order valence-electron chi connectivity index (χ2n) is 5.66. The molecular weight excluding hydrogens is 333 g/mol. The maximum atomic E-state index is 12.9. The van der Waals surface area contributed by atoms with Crippen LogP contribution in [0.5, 0.6) is 11.5 Å². The fraction of sp³-hybridized carbons (Fsp3) is 0.190. The summed E-state index contributed by atoms with van der Waals surface area (Å²) in [6, 6.07) is 11.5. The van der Waals surface area contributed by atoms with E-state index in [1.165, 1.54) is 18.2 Å². The van der Waals surface area contributed by atoms with Gasteiger partial charge in [0.05, 0.1) is 7.11 Å². The summed E-state index contributed by atoms with van der Waals surface area (Å²) in [6.45, 7) is 4.40. The monoisotopic (exact) mass is 355 g/mol. The number of carbonyl (C=O) groups excluding carboxylic acids is 1. The number of methoxy groups -OCH3 is 1. The molecule has 0 aromatic heterocycles. The number of likely N-dealkylation sites (N-methyl/N-ethyl adjacent to an activating group) is 1. The van der Waals surface area contributed by atoms with Crippen molar-refractivity contribution in [3.05, 3.63) is 78.1 Å². The van der Waals surface area contributed by atoms with Gasteiger partial charge in [0, 0.05) is 19.7 Å². The summed E-state index contributed by atoms with van der Waals surface area (Å²) in [6.07, 6.45) is 4.86. The molecule has 1 amide bonds. The van der Waals surface area contributed by atoms with Gasteiger partial charge in [-0.15, -0.1) is 0 Å². The number of amides is 1. The molecule has 136 valence electrons. The van der Waals surface area contributed by atoms with Crippen LogP contribution in [0.15, 0.2) is 61.2 Å². The number of hydrogen-bond acceptors (Lipinski definition) is 3. The Bertz CT molecular complexity index is 784. The first-order chi connectivity index (χ1) is 12.5. The molecule has 0 heterocycles. The van der Waals surface area contributed by atoms with Crippen molar-refractivity contribution >= 4 is 12.0 Å². The van der Waals surface area contributed by atoms with E-state index in [1.807, 2.05) is 6.07 Å². The molecule has 0 N–H and O–H groups in total. The Morgan fingerprint density at radius 2 is 1.92 bits per heavy atom. The van der Waals surface area contributed by atoms with Crippen molar-refractivity contribution in [3.63, 3.8) is 0 Å². The molecule has 0 fully saturated rings. The average Bonchev–Trinajstić information content (AvgIpc) is 2.66. The minimum absolute atomic E-state index is 0.153. The summed E-state index contributed by atoms with van der Waals surface area (Å²) in [4.78, 5) is 13.8. The molecule has 0 spiro atoms. The summed E-state index contributed by atoms with van der Waals surface area (Å²) >= 11 is 0. The Balaban J connectivity index is 2.02. The molecule has 0 aliphatic rings. The third-order valence-electron chi connectivity index (χ3n) is 3.67. The summed E-state index contributed by atoms with van der Waals surface area (Å²) in [7, 11) is 3.26. The fourth-order valence-electron chi connectivity index (χ4n) is 2.29. The van der Waals surface area contributed by atoms with Crippen LogP contribution in [0.3, 0.4) is 0 Å². The first-order valence-corrected chi connectivity index (χ1v) is 8.13. The van der Waals surface area contributed by atoms with Crippen molar-refractivity contribution in [3.8, 4) is 11.5 Å². The van der Waals surface area contributed by atoms with E-state index in [-0.39, 0.29) is 11.7 Å². The summed E-state index contributed by atoms with van der Waals surface area (Å²) in [5.41, 5.74) is 1.68. The lowest BCUT2D eigenvalue weighted by Gasteiger charge is -2.15. The third-order valence-corrected chi connectivity index (χ3v) is 3.67. The van der Waals surface area contributed by atoms with E-state index < -0.39 is 0 Å². The molecule has 0 unspecified atom stereocenters. The molecule has 0 saturated carbocycles. The number of ether oxygens (including phenoxy) is 2. The van der Waals surface area contributed by atoms with Crippen LogP contribution in [0.4, 0.5) is 4.39 Å². The van der Waals surface area contributed by atoms with E-state index in [0.29, 0.717) is 24.7 Å². The van der Waals surface area contributed by atoms with Crippen molar-refractivity contribution in [2.75, 3.05) is 20.8 Å². The number of hydrogen-bond donors (Lipinski definition) is 0. The lowest BCUT2D eigenvalue weighted by atomic mass is 10.1. The number of halogens is 1. The highest BCUT2D eigenvalue weighted by Crippen LogP contribution is 2.28. The molecule has 0 bridgehead atoms. The van der Waals surface area contributed by atoms with Crippen molar-refractivity contribution in [2.45, 2.75) is 6.54 Å². The minimum atomic E-state index is -0.294. The van der Waals surface area contributed by atoms with E-state index in [0.717, 1.165) is 11.1 Å². The second kappa shape index (κ2) is 9.42. The second-order valence-corrected chi connectivity index (χ2v) is 5.66. The van der Waals surface area contributed by atoms with E-state index in [4.69, 9.17) is 9.47 Å². The van der Waals surface area contributed by atoms with Gasteiger partial charge < -0.3 is 14.4 Å². The van der Waals surface area contributed by atoms with Crippen LogP contribution in [0, 0.1) is 5.82 Å². The first-order valence-electron chi connectivity index (χ1n) is 8.13. The smallest absolute Gasteiger partial charge is 0.246 e. The molecule has 26 heavy (non-hydrogen) atoms. The number of nitrogens with zero attached hydrogens (tertiary/aromatic N) is 1. The SMILES string of the molecule is C=CCOc1ccc(/C=C/C(=O)N(C)Cc2ccc(F)cc2)cc1OC. The fourth-order valence-corrected chi connectivity index (χ4v) is 2.29. The van der Waals surface area contributed by atoms with E-state index in [9.17, 15) is 9.18 Å². The Morgan fingerprint density at radius 1 is 1.19 bits per heavy atom. The van der Waals surface area contributed by atoms with Gasteiger partial charge in [0.25, 0.3) is 0 Å². The Morgan fingerprint density at radius 3 is 2.58 bits per heavy atom. The topological polar surface area (TPSA) is 38.8 Å². The predicted octanol–water partition coefficient (Wildman–Crippen LogP) is 4.07. The van der Waals surface area contributed by atoms with Gasteiger partial charge in [0.15, 0.2) is 11.5 Å². The standard InChI is InChI=1S/C21H22FNO3/c1-4-13-26-19-11-7-16(14-20(19)25-3)8-12-21(24)23(2)15-17-5-9-18(22)10-6-17/h4-12,14H,1,13,15H2,2-3H3/b12-8+. The molecule has 0 aliphatic heterocycles. The summed E-state index contributed by atoms with van der Waals surface area (Å²) in [5, 5.41) is 0. The van der Waals surface area contributed by atoms with Gasteiger partial charge in [-0.1, -0.05) is 30.9 Å². The number of benzene rings is 2. The van der Waals surface area contributed by atoms with Crippen molar-refractivity contribution < 1.29 is 18.7 Å². The van der Waals surface area contributed by atoms with Crippen LogP contribution in [0.2, 0.25) is 0 Å². The molecule has 2 aromatic rings. The van der Waals surface area contributed by atoms with Gasteiger partial charge in [0.1, 0.15) is 12.4 Å². The van der Waals surface area contributed by atoms with Gasteiger partial charge in [-0.3, -0.25) is 4.79 Å². The number of rotatable bonds is 8. The quantitative estimate of drug-likeness (QED) is 0.529. The van der Waals surface area contributed by atoms with E-state index in [1.54, 1.807) is 55.5 Å². The molecule has 0 aliphatic carbocycles. The van der Waals surface area contributed by atoms with Crippen LogP contribution in [0.25, 0.3) is 6.08 Å². The molecule has 5 heteroatoms. The molecular formula is C21H22FNO3. The molecule has 0 radical (unpaired) electrons. The summed E-state index contributed by atoms with van der Waals surface area (Å²) < 4.78 is 23.7. The maximum absolute atomic E-state index is 12.9. The molecule has 2 aromatic carbocycles. The van der Waals surface area contributed by atoms with Crippen LogP contribution in [-0.2, 0) is 11.3 Å². The minimum Gasteiger partial charge on any atom is -0.493 e. The Hall–Kier alpha value is -3.08.